The van der Waals surface area contributed by atoms with Crippen LogP contribution in [0.2, 0.25) is 0 Å². The van der Waals surface area contributed by atoms with Gasteiger partial charge in [-0.3, -0.25) is 14.5 Å². The van der Waals surface area contributed by atoms with Crippen molar-refractivity contribution in [3.05, 3.63) is 33.7 Å². The highest BCUT2D eigenvalue weighted by atomic mass is 32.1. The van der Waals surface area contributed by atoms with E-state index in [0.29, 0.717) is 18.5 Å². The zero-order valence-electron chi connectivity index (χ0n) is 17.2. The fraction of sp³-hybridized carbons (Fsp3) is 0.636. The molecular weight excluding hydrogens is 404 g/mol. The van der Waals surface area contributed by atoms with Gasteiger partial charge >= 0.3 is 0 Å². The van der Waals surface area contributed by atoms with Gasteiger partial charge in [-0.15, -0.1) is 11.3 Å². The predicted octanol–water partition coefficient (Wildman–Crippen LogP) is 2.00. The van der Waals surface area contributed by atoms with Crippen molar-refractivity contribution in [1.29, 1.82) is 0 Å². The van der Waals surface area contributed by atoms with Crippen molar-refractivity contribution in [1.82, 2.24) is 9.80 Å². The Morgan fingerprint density at radius 1 is 1.20 bits per heavy atom. The molecule has 1 saturated carbocycles. The third kappa shape index (κ3) is 3.49. The fourth-order valence-electron chi connectivity index (χ4n) is 5.14. The Balaban J connectivity index is 1.42. The van der Waals surface area contributed by atoms with E-state index in [4.69, 9.17) is 14.2 Å². The summed E-state index contributed by atoms with van der Waals surface area (Å²) in [4.78, 5) is 32.1. The van der Waals surface area contributed by atoms with E-state index in [1.807, 2.05) is 22.4 Å². The van der Waals surface area contributed by atoms with E-state index < -0.39 is 0 Å². The summed E-state index contributed by atoms with van der Waals surface area (Å²) >= 11 is 1.59. The van der Waals surface area contributed by atoms with Gasteiger partial charge in [-0.25, -0.2) is 0 Å². The highest BCUT2D eigenvalue weighted by Crippen LogP contribution is 2.47. The molecule has 4 heterocycles. The molecule has 0 spiro atoms. The lowest BCUT2D eigenvalue weighted by molar-refractivity contribution is -0.138. The number of ether oxygens (including phenoxy) is 3. The summed E-state index contributed by atoms with van der Waals surface area (Å²) in [5.74, 6) is 0.0439. The molecule has 1 amide bonds. The van der Waals surface area contributed by atoms with Gasteiger partial charge in [0.05, 0.1) is 36.9 Å². The molecule has 8 heteroatoms. The van der Waals surface area contributed by atoms with Crippen LogP contribution in [0.4, 0.5) is 0 Å². The molecule has 30 heavy (non-hydrogen) atoms. The van der Waals surface area contributed by atoms with Crippen molar-refractivity contribution < 1.29 is 23.8 Å². The summed E-state index contributed by atoms with van der Waals surface area (Å²) in [6, 6.07) is 3.66. The van der Waals surface area contributed by atoms with Gasteiger partial charge in [-0.05, 0) is 24.3 Å². The molecule has 4 aliphatic rings. The Hall–Kier alpha value is -1.74. The molecule has 0 N–H and O–H groups in total. The number of carbonyl (C=O) groups is 2. The molecule has 2 fully saturated rings. The molecule has 1 aromatic heterocycles. The highest BCUT2D eigenvalue weighted by molar-refractivity contribution is 7.10. The van der Waals surface area contributed by atoms with Crippen LogP contribution in [0, 0.1) is 5.92 Å². The summed E-state index contributed by atoms with van der Waals surface area (Å²) in [5, 5.41) is 2.00. The first kappa shape index (κ1) is 20.2. The number of rotatable bonds is 5. The number of ketones is 1. The SMILES string of the molecule is COC1CCC2C(=O)C3=C(OC2C1)C(=O)N(CCN1CCOCC1)C3c1cccs1. The third-order valence-corrected chi connectivity index (χ3v) is 7.73. The molecule has 1 aliphatic carbocycles. The number of methoxy groups -OCH3 is 1. The van der Waals surface area contributed by atoms with E-state index in [2.05, 4.69) is 4.90 Å². The molecule has 1 aromatic rings. The molecule has 3 aliphatic heterocycles. The Morgan fingerprint density at radius 2 is 2.03 bits per heavy atom. The van der Waals surface area contributed by atoms with Crippen LogP contribution in [-0.4, -0.2) is 80.2 Å². The largest absolute Gasteiger partial charge is 0.483 e. The minimum Gasteiger partial charge on any atom is -0.483 e. The van der Waals surface area contributed by atoms with E-state index >= 15 is 0 Å². The van der Waals surface area contributed by atoms with E-state index in [0.717, 1.165) is 50.6 Å². The summed E-state index contributed by atoms with van der Waals surface area (Å²) < 4.78 is 17.2. The van der Waals surface area contributed by atoms with Crippen LogP contribution in [-0.2, 0) is 23.8 Å². The topological polar surface area (TPSA) is 68.3 Å². The number of nitrogens with zero attached hydrogens (tertiary/aromatic N) is 2. The van der Waals surface area contributed by atoms with Gasteiger partial charge in [0.25, 0.3) is 5.91 Å². The molecular formula is C22H28N2O5S. The van der Waals surface area contributed by atoms with Crippen molar-refractivity contribution >= 4 is 23.0 Å². The molecule has 0 radical (unpaired) electrons. The lowest BCUT2D eigenvalue weighted by atomic mass is 9.77. The number of fused-ring (bicyclic) bond motifs is 1. The lowest BCUT2D eigenvalue weighted by Crippen LogP contribution is -2.43. The van der Waals surface area contributed by atoms with Crippen LogP contribution in [0.15, 0.2) is 28.8 Å². The van der Waals surface area contributed by atoms with Crippen molar-refractivity contribution in [2.75, 3.05) is 46.5 Å². The Bertz CT molecular complexity index is 833. The van der Waals surface area contributed by atoms with Crippen LogP contribution in [0.25, 0.3) is 0 Å². The van der Waals surface area contributed by atoms with Gasteiger partial charge in [-0.1, -0.05) is 6.07 Å². The molecule has 0 bridgehead atoms. The smallest absolute Gasteiger partial charge is 0.290 e. The van der Waals surface area contributed by atoms with E-state index in [9.17, 15) is 9.59 Å². The van der Waals surface area contributed by atoms with Crippen molar-refractivity contribution in [3.63, 3.8) is 0 Å². The van der Waals surface area contributed by atoms with Crippen LogP contribution >= 0.6 is 11.3 Å². The van der Waals surface area contributed by atoms with Gasteiger partial charge in [0.2, 0.25) is 0 Å². The Morgan fingerprint density at radius 3 is 2.77 bits per heavy atom. The molecule has 7 nitrogen and oxygen atoms in total. The van der Waals surface area contributed by atoms with Crippen LogP contribution in [0.5, 0.6) is 0 Å². The Kier molecular flexibility index (Phi) is 5.66. The van der Waals surface area contributed by atoms with Crippen LogP contribution < -0.4 is 0 Å². The van der Waals surface area contributed by atoms with E-state index in [1.165, 1.54) is 0 Å². The first-order valence-electron chi connectivity index (χ1n) is 10.8. The number of Topliss-reactive ketones (excluding diaryl/α,β-unsaturated/α-hetero) is 1. The van der Waals surface area contributed by atoms with E-state index in [1.54, 1.807) is 18.4 Å². The predicted molar refractivity (Wildman–Crippen MR) is 111 cm³/mol. The quantitative estimate of drug-likeness (QED) is 0.709. The van der Waals surface area contributed by atoms with Gasteiger partial charge in [0.1, 0.15) is 6.10 Å². The zero-order valence-corrected chi connectivity index (χ0v) is 18.1. The van der Waals surface area contributed by atoms with Gasteiger partial charge < -0.3 is 19.1 Å². The summed E-state index contributed by atoms with van der Waals surface area (Å²) in [6.07, 6.45) is 2.09. The minimum absolute atomic E-state index is 0.0863. The second-order valence-corrected chi connectivity index (χ2v) is 9.39. The average molecular weight is 433 g/mol. The maximum Gasteiger partial charge on any atom is 0.290 e. The number of hydrogen-bond acceptors (Lipinski definition) is 7. The van der Waals surface area contributed by atoms with Crippen molar-refractivity contribution in [2.24, 2.45) is 5.92 Å². The molecule has 4 unspecified atom stereocenters. The number of thiophene rings is 1. The lowest BCUT2D eigenvalue weighted by Gasteiger charge is -2.38. The molecule has 4 atom stereocenters. The maximum absolute atomic E-state index is 13.6. The van der Waals surface area contributed by atoms with Crippen LogP contribution in [0.1, 0.15) is 30.2 Å². The third-order valence-electron chi connectivity index (χ3n) is 6.81. The number of hydrogen-bond donors (Lipinski definition) is 0. The molecule has 1 saturated heterocycles. The fourth-order valence-corrected chi connectivity index (χ4v) is 5.98. The molecule has 162 valence electrons. The normalized spacial score (nSPS) is 32.2. The highest BCUT2D eigenvalue weighted by Gasteiger charge is 2.53. The standard InChI is InChI=1S/C22H28N2O5S/c1-27-14-4-5-15-16(13-14)29-21-18(20(15)25)19(17-3-2-12-30-17)24(22(21)26)7-6-23-8-10-28-11-9-23/h2-3,12,14-16,19H,4-11,13H2,1H3. The number of carbonyl (C=O) groups excluding carboxylic acids is 2. The summed E-state index contributed by atoms with van der Waals surface area (Å²) in [7, 11) is 1.70. The van der Waals surface area contributed by atoms with Crippen molar-refractivity contribution in [3.8, 4) is 0 Å². The van der Waals surface area contributed by atoms with Gasteiger partial charge in [-0.2, -0.15) is 0 Å². The molecule has 5 rings (SSSR count). The van der Waals surface area contributed by atoms with Gasteiger partial charge in [0, 0.05) is 44.6 Å². The number of amides is 1. The summed E-state index contributed by atoms with van der Waals surface area (Å²) in [5.41, 5.74) is 0.571. The monoisotopic (exact) mass is 432 g/mol. The number of morpholine rings is 1. The van der Waals surface area contributed by atoms with Crippen molar-refractivity contribution in [2.45, 2.75) is 37.5 Å². The zero-order chi connectivity index (χ0) is 20.7. The second-order valence-electron chi connectivity index (χ2n) is 8.41. The summed E-state index contributed by atoms with van der Waals surface area (Å²) in [6.45, 7) is 4.53. The maximum atomic E-state index is 13.6. The van der Waals surface area contributed by atoms with Gasteiger partial charge in [0.15, 0.2) is 11.5 Å². The van der Waals surface area contributed by atoms with E-state index in [-0.39, 0.29) is 41.6 Å². The Labute approximate surface area is 180 Å². The second kappa shape index (κ2) is 8.42. The first-order valence-corrected chi connectivity index (χ1v) is 11.7. The van der Waals surface area contributed by atoms with Crippen LogP contribution in [0.3, 0.4) is 0 Å². The minimum atomic E-state index is -0.331. The molecule has 0 aromatic carbocycles. The average Bonchev–Trinajstić information content (AvgIpc) is 3.40. The first-order chi connectivity index (χ1) is 14.7.